The highest BCUT2D eigenvalue weighted by Gasteiger charge is 2.12. The summed E-state index contributed by atoms with van der Waals surface area (Å²) in [6.45, 7) is 10.5. The van der Waals surface area contributed by atoms with Crippen molar-refractivity contribution in [1.82, 2.24) is 29.9 Å². The molecule has 0 fully saturated rings. The maximum Gasteiger partial charge on any atom is 0.131 e. The standard InChI is InChI=1S/C72H62N10O6/c1-3-5-7-33-83-67-35-55-47-73-43-51-9-17-59(18-10-51)85-63-25-29-77-69(39-63)71-41-65(27-31-79-71)87-61-21-13-53(14-22-61)45-75-49-57-37-68(84-34-8-6-4-2)38-58(82-57)50-76-46-54-15-23-62(24-16-54)88-66-28-32-80-72(42-66)70-40-64(26-30-78-70)86-60-19-11-52(12-20-60)44-74-48-56(36-67)81-55/h3-4,9-32,35-42,47-50H,1-2,5-8,33-34,43-46H2. The molecule has 6 aromatic heterocycles. The molecule has 0 spiro atoms. The van der Waals surface area contributed by atoms with Gasteiger partial charge in [-0.05, 0) is 121 Å². The molecule has 0 unspecified atom stereocenters. The van der Waals surface area contributed by atoms with Crippen LogP contribution >= 0.6 is 0 Å². The van der Waals surface area contributed by atoms with Gasteiger partial charge in [-0.2, -0.15) is 0 Å². The second-order valence-corrected chi connectivity index (χ2v) is 20.2. The summed E-state index contributed by atoms with van der Waals surface area (Å²) in [5.41, 5.74) is 9.08. The first-order valence-electron chi connectivity index (χ1n) is 28.8. The Morgan fingerprint density at radius 3 is 0.841 bits per heavy atom. The fourth-order valence-electron chi connectivity index (χ4n) is 8.99. The number of hydrogen-bond acceptors (Lipinski definition) is 16. The Labute approximate surface area is 511 Å². The summed E-state index contributed by atoms with van der Waals surface area (Å²) in [6, 6.07) is 53.4. The molecule has 0 radical (unpaired) electrons. The molecular formula is C72H62N10O6. The van der Waals surface area contributed by atoms with Crippen molar-refractivity contribution in [3.05, 3.63) is 265 Å². The van der Waals surface area contributed by atoms with Gasteiger partial charge < -0.3 is 28.4 Å². The van der Waals surface area contributed by atoms with Crippen LogP contribution < -0.4 is 28.4 Å². The quantitative estimate of drug-likeness (QED) is 0.0934. The van der Waals surface area contributed by atoms with E-state index in [1.807, 2.05) is 182 Å². The number of unbranched alkanes of at least 4 members (excludes halogenated alkanes) is 2. The third-order valence-corrected chi connectivity index (χ3v) is 13.4. The average molecular weight is 1160 g/mol. The first-order valence-corrected chi connectivity index (χ1v) is 28.8. The molecule has 88 heavy (non-hydrogen) atoms. The van der Waals surface area contributed by atoms with Crippen LogP contribution in [0.2, 0.25) is 0 Å². The normalized spacial score (nSPS) is 12.5. The van der Waals surface area contributed by atoms with E-state index in [0.29, 0.717) is 142 Å². The maximum absolute atomic E-state index is 6.28. The van der Waals surface area contributed by atoms with E-state index in [-0.39, 0.29) is 0 Å². The van der Waals surface area contributed by atoms with Crippen LogP contribution in [0.3, 0.4) is 0 Å². The number of ether oxygens (including phenoxy) is 6. The minimum Gasteiger partial charge on any atom is -0.493 e. The van der Waals surface area contributed by atoms with Gasteiger partial charge in [-0.15, -0.1) is 13.2 Å². The molecule has 0 saturated heterocycles. The summed E-state index contributed by atoms with van der Waals surface area (Å²) in [5, 5.41) is 0. The van der Waals surface area contributed by atoms with Crippen molar-refractivity contribution in [2.24, 2.45) is 20.0 Å². The molecular weight excluding hydrogens is 1100 g/mol. The zero-order valence-electron chi connectivity index (χ0n) is 48.3. The summed E-state index contributed by atoms with van der Waals surface area (Å²) in [7, 11) is 0. The van der Waals surface area contributed by atoms with Crippen molar-refractivity contribution in [2.75, 3.05) is 13.2 Å². The molecule has 13 heterocycles. The third kappa shape index (κ3) is 17.4. The van der Waals surface area contributed by atoms with Gasteiger partial charge in [0.15, 0.2) is 0 Å². The molecule has 0 aliphatic carbocycles. The molecule has 0 N–H and O–H groups in total. The predicted molar refractivity (Wildman–Crippen MR) is 345 cm³/mol. The Morgan fingerprint density at radius 2 is 0.591 bits per heavy atom. The van der Waals surface area contributed by atoms with Crippen molar-refractivity contribution in [1.29, 1.82) is 0 Å². The highest BCUT2D eigenvalue weighted by molar-refractivity contribution is 5.84. The van der Waals surface area contributed by atoms with Crippen LogP contribution in [0.25, 0.3) is 22.8 Å². The molecule has 7 aliphatic heterocycles. The number of hydrogen-bond donors (Lipinski definition) is 0. The average Bonchev–Trinajstić information content (AvgIpc) is 3.55. The molecule has 10 aromatic rings. The Bertz CT molecular complexity index is 3590. The van der Waals surface area contributed by atoms with E-state index in [2.05, 4.69) is 33.1 Å². The molecule has 20 bridgehead atoms. The van der Waals surface area contributed by atoms with Crippen molar-refractivity contribution in [3.8, 4) is 80.3 Å². The van der Waals surface area contributed by atoms with E-state index in [1.165, 1.54) is 0 Å². The SMILES string of the molecule is C=CCCCOc1cc2nc(c1)C=NCc1ccc(cc1)Oc1ccnc(c1)-c1cc(ccn1)Oc1ccc(cc1)CN=Cc1cc(OCCCC=C)cc(n1)C=NCc1ccc(cc1)Oc1ccnc(c1)-c1cc(ccn1)Oc1ccc(cc1)CN=C2. The van der Waals surface area contributed by atoms with Crippen molar-refractivity contribution in [3.63, 3.8) is 0 Å². The Balaban J connectivity index is 0.819. The molecule has 17 rings (SSSR count). The van der Waals surface area contributed by atoms with Crippen molar-refractivity contribution >= 4 is 24.9 Å². The molecule has 16 nitrogen and oxygen atoms in total. The maximum atomic E-state index is 6.28. The summed E-state index contributed by atoms with van der Waals surface area (Å²) < 4.78 is 37.4. The monoisotopic (exact) mass is 1160 g/mol. The van der Waals surface area contributed by atoms with E-state index < -0.39 is 0 Å². The molecule has 7 aliphatic rings. The van der Waals surface area contributed by atoms with Crippen LogP contribution in [-0.2, 0) is 26.2 Å². The van der Waals surface area contributed by atoms with Crippen LogP contribution in [-0.4, -0.2) is 68.0 Å². The van der Waals surface area contributed by atoms with Gasteiger partial charge in [-0.1, -0.05) is 60.7 Å². The topological polar surface area (TPSA) is 182 Å². The van der Waals surface area contributed by atoms with Crippen LogP contribution in [0.15, 0.2) is 240 Å². The minimum atomic E-state index is 0.426. The number of rotatable bonds is 10. The molecule has 0 atom stereocenters. The summed E-state index contributed by atoms with van der Waals surface area (Å²) in [4.78, 5) is 47.0. The van der Waals surface area contributed by atoms with Crippen LogP contribution in [0.1, 0.15) is 70.7 Å². The van der Waals surface area contributed by atoms with Gasteiger partial charge in [0.25, 0.3) is 0 Å². The van der Waals surface area contributed by atoms with Crippen LogP contribution in [0.5, 0.6) is 57.5 Å². The fraction of sp³-hybridized carbons (Fsp3) is 0.139. The second kappa shape index (κ2) is 30.0. The Hall–Kier alpha value is -11.3. The van der Waals surface area contributed by atoms with Gasteiger partial charge in [-0.3, -0.25) is 39.9 Å². The van der Waals surface area contributed by atoms with Gasteiger partial charge in [0, 0.05) is 98.2 Å². The van der Waals surface area contributed by atoms with Gasteiger partial charge in [0.05, 0.1) is 84.9 Å². The van der Waals surface area contributed by atoms with Gasteiger partial charge in [0.1, 0.15) is 57.5 Å². The molecule has 16 heteroatoms. The Morgan fingerprint density at radius 1 is 0.330 bits per heavy atom. The minimum absolute atomic E-state index is 0.426. The lowest BCUT2D eigenvalue weighted by Gasteiger charge is -2.10. The number of pyridine rings is 6. The summed E-state index contributed by atoms with van der Waals surface area (Å²) >= 11 is 0. The first-order chi connectivity index (χ1) is 43.4. The Kier molecular flexibility index (Phi) is 20.0. The number of aliphatic imine (C=N–C) groups is 4. The van der Waals surface area contributed by atoms with Gasteiger partial charge >= 0.3 is 0 Å². The largest absolute Gasteiger partial charge is 0.493 e. The highest BCUT2D eigenvalue weighted by atomic mass is 16.5. The molecule has 4 aromatic carbocycles. The summed E-state index contributed by atoms with van der Waals surface area (Å²) in [5.74, 6) is 6.44. The van der Waals surface area contributed by atoms with Gasteiger partial charge in [0.2, 0.25) is 0 Å². The van der Waals surface area contributed by atoms with E-state index in [1.54, 1.807) is 49.6 Å². The van der Waals surface area contributed by atoms with E-state index >= 15 is 0 Å². The van der Waals surface area contributed by atoms with E-state index in [9.17, 15) is 0 Å². The third-order valence-electron chi connectivity index (χ3n) is 13.4. The zero-order valence-corrected chi connectivity index (χ0v) is 48.3. The highest BCUT2D eigenvalue weighted by Crippen LogP contribution is 2.32. The number of allylic oxidation sites excluding steroid dienone is 2. The summed E-state index contributed by atoms with van der Waals surface area (Å²) in [6.07, 6.45) is 21.0. The lowest BCUT2D eigenvalue weighted by molar-refractivity contribution is 0.311. The van der Waals surface area contributed by atoms with E-state index in [4.69, 9.17) is 58.4 Å². The number of benzene rings is 4. The predicted octanol–water partition coefficient (Wildman–Crippen LogP) is 16.0. The van der Waals surface area contributed by atoms with E-state index in [0.717, 1.165) is 47.9 Å². The lowest BCUT2D eigenvalue weighted by Crippen LogP contribution is -2.01. The van der Waals surface area contributed by atoms with Crippen molar-refractivity contribution in [2.45, 2.75) is 51.9 Å². The number of aromatic nitrogens is 6. The number of nitrogens with zero attached hydrogens (tertiary/aromatic N) is 10. The molecule has 0 amide bonds. The molecule has 0 saturated carbocycles. The van der Waals surface area contributed by atoms with Crippen LogP contribution in [0, 0.1) is 0 Å². The lowest BCUT2D eigenvalue weighted by atomic mass is 10.2. The molecule has 436 valence electrons. The zero-order chi connectivity index (χ0) is 60.0. The van der Waals surface area contributed by atoms with Gasteiger partial charge in [-0.25, -0.2) is 9.97 Å². The smallest absolute Gasteiger partial charge is 0.131 e. The second-order valence-electron chi connectivity index (χ2n) is 20.2. The first kappa shape index (κ1) is 58.5. The van der Waals surface area contributed by atoms with Crippen LogP contribution in [0.4, 0.5) is 0 Å². The fourth-order valence-corrected chi connectivity index (χ4v) is 8.99. The van der Waals surface area contributed by atoms with Crippen molar-refractivity contribution < 1.29 is 28.4 Å².